The van der Waals surface area contributed by atoms with Crippen LogP contribution >= 0.6 is 35.0 Å². The Bertz CT molecular complexity index is 1510. The Hall–Kier alpha value is -2.72. The molecule has 1 N–H and O–H groups in total. The molecule has 0 radical (unpaired) electrons. The zero-order valence-corrected chi connectivity index (χ0v) is 27.8. The van der Waals surface area contributed by atoms with E-state index < -0.39 is 34.1 Å². The molecule has 0 aromatic heterocycles. The molecular weight excluding hydrogens is 613 g/mol. The predicted octanol–water partition coefficient (Wildman–Crippen LogP) is 6.94. The molecule has 2 amide bonds. The van der Waals surface area contributed by atoms with E-state index in [0.717, 1.165) is 14.8 Å². The molecule has 0 heterocycles. The van der Waals surface area contributed by atoms with E-state index in [9.17, 15) is 18.0 Å². The number of anilines is 1. The maximum absolute atomic E-state index is 14.2. The molecule has 7 nitrogen and oxygen atoms in total. The van der Waals surface area contributed by atoms with Gasteiger partial charge in [-0.2, -0.15) is 0 Å². The molecule has 3 aromatic carbocycles. The second-order valence-electron chi connectivity index (χ2n) is 11.0. The summed E-state index contributed by atoms with van der Waals surface area (Å²) in [5.41, 5.74) is 1.39. The van der Waals surface area contributed by atoms with E-state index in [-0.39, 0.29) is 17.3 Å². The van der Waals surface area contributed by atoms with Crippen LogP contribution in [0, 0.1) is 6.92 Å². The fourth-order valence-electron chi connectivity index (χ4n) is 4.32. The van der Waals surface area contributed by atoms with Crippen LogP contribution in [0.15, 0.2) is 76.5 Å². The lowest BCUT2D eigenvalue weighted by Crippen LogP contribution is -2.55. The Kier molecular flexibility index (Phi) is 11.4. The van der Waals surface area contributed by atoms with E-state index in [1.54, 1.807) is 54.6 Å². The maximum Gasteiger partial charge on any atom is 0.264 e. The summed E-state index contributed by atoms with van der Waals surface area (Å²) >= 11 is 13.9. The van der Waals surface area contributed by atoms with Gasteiger partial charge in [-0.25, -0.2) is 8.42 Å². The number of hydrogen-bond donors (Lipinski definition) is 1. The summed E-state index contributed by atoms with van der Waals surface area (Å²) in [6.45, 7) is 8.79. The van der Waals surface area contributed by atoms with Crippen molar-refractivity contribution in [3.63, 3.8) is 0 Å². The molecule has 1 atom stereocenters. The van der Waals surface area contributed by atoms with Crippen LogP contribution in [-0.2, 0) is 26.2 Å². The second-order valence-corrected chi connectivity index (χ2v) is 14.5. The number of carbonyl (C=O) groups is 2. The van der Waals surface area contributed by atoms with Crippen molar-refractivity contribution in [3.8, 4) is 0 Å². The molecule has 3 rings (SSSR count). The number of benzene rings is 3. The van der Waals surface area contributed by atoms with Gasteiger partial charge in [0.25, 0.3) is 10.0 Å². The zero-order valence-electron chi connectivity index (χ0n) is 24.6. The monoisotopic (exact) mass is 649 g/mol. The highest BCUT2D eigenvalue weighted by Crippen LogP contribution is 2.28. The highest BCUT2D eigenvalue weighted by Gasteiger charge is 2.34. The van der Waals surface area contributed by atoms with Gasteiger partial charge in [-0.1, -0.05) is 53.9 Å². The van der Waals surface area contributed by atoms with Crippen molar-refractivity contribution < 1.29 is 18.0 Å². The van der Waals surface area contributed by atoms with Crippen LogP contribution < -0.4 is 9.62 Å². The van der Waals surface area contributed by atoms with Gasteiger partial charge in [-0.15, -0.1) is 11.8 Å². The lowest BCUT2D eigenvalue weighted by Gasteiger charge is -2.35. The summed E-state index contributed by atoms with van der Waals surface area (Å²) in [4.78, 5) is 30.0. The third kappa shape index (κ3) is 8.66. The van der Waals surface area contributed by atoms with E-state index in [1.807, 2.05) is 40.9 Å². The standard InChI is InChI=1S/C31H37Cl2N3O4S2/c1-7-28(30(38)34-31(3,4)5)35(19-22-10-17-26(32)27(33)18-22)29(37)20-36(23-11-8-21(2)9-12-23)42(39,40)25-15-13-24(41-6)14-16-25/h8-18,28H,7,19-20H2,1-6H3,(H,34,38). The van der Waals surface area contributed by atoms with Gasteiger partial charge < -0.3 is 10.2 Å². The Balaban J connectivity index is 2.08. The van der Waals surface area contributed by atoms with E-state index in [0.29, 0.717) is 27.7 Å². The molecule has 226 valence electrons. The summed E-state index contributed by atoms with van der Waals surface area (Å²) in [5.74, 6) is -0.877. The number of nitrogens with one attached hydrogen (secondary N) is 1. The Morgan fingerprint density at radius 3 is 2.10 bits per heavy atom. The van der Waals surface area contributed by atoms with E-state index in [2.05, 4.69) is 5.32 Å². The first kappa shape index (κ1) is 33.8. The average Bonchev–Trinajstić information content (AvgIpc) is 2.93. The van der Waals surface area contributed by atoms with E-state index in [1.165, 1.54) is 28.8 Å². The minimum Gasteiger partial charge on any atom is -0.350 e. The fraction of sp³-hybridized carbons (Fsp3) is 0.355. The molecule has 0 saturated heterocycles. The van der Waals surface area contributed by atoms with Crippen molar-refractivity contribution in [2.75, 3.05) is 17.1 Å². The average molecular weight is 651 g/mol. The molecule has 0 aliphatic rings. The summed E-state index contributed by atoms with van der Waals surface area (Å²) in [7, 11) is -4.15. The first-order chi connectivity index (χ1) is 19.7. The number of thioether (sulfide) groups is 1. The molecule has 42 heavy (non-hydrogen) atoms. The third-order valence-electron chi connectivity index (χ3n) is 6.47. The first-order valence-electron chi connectivity index (χ1n) is 13.4. The Morgan fingerprint density at radius 1 is 0.952 bits per heavy atom. The van der Waals surface area contributed by atoms with Crippen LogP contribution in [0.25, 0.3) is 0 Å². The van der Waals surface area contributed by atoms with Crippen LogP contribution in [0.2, 0.25) is 10.0 Å². The predicted molar refractivity (Wildman–Crippen MR) is 173 cm³/mol. The van der Waals surface area contributed by atoms with Crippen LogP contribution in [-0.4, -0.2) is 49.5 Å². The van der Waals surface area contributed by atoms with Crippen molar-refractivity contribution in [2.45, 2.75) is 69.0 Å². The highest BCUT2D eigenvalue weighted by molar-refractivity contribution is 7.98. The molecular formula is C31H37Cl2N3O4S2. The topological polar surface area (TPSA) is 86.8 Å². The zero-order chi connectivity index (χ0) is 31.2. The lowest BCUT2D eigenvalue weighted by molar-refractivity contribution is -0.141. The maximum atomic E-state index is 14.2. The number of aryl methyl sites for hydroxylation is 1. The molecule has 0 saturated carbocycles. The quantitative estimate of drug-likeness (QED) is 0.227. The van der Waals surface area contributed by atoms with Crippen LogP contribution in [0.1, 0.15) is 45.2 Å². The third-order valence-corrected chi connectivity index (χ3v) is 9.74. The molecule has 3 aromatic rings. The number of rotatable bonds is 11. The SMILES string of the molecule is CCC(C(=O)NC(C)(C)C)N(Cc1ccc(Cl)c(Cl)c1)C(=O)CN(c1ccc(C)cc1)S(=O)(=O)c1ccc(SC)cc1. The molecule has 0 aliphatic heterocycles. The van der Waals surface area contributed by atoms with Crippen molar-refractivity contribution in [1.82, 2.24) is 10.2 Å². The number of sulfonamides is 1. The van der Waals surface area contributed by atoms with Gasteiger partial charge in [0.2, 0.25) is 11.8 Å². The van der Waals surface area contributed by atoms with Gasteiger partial charge in [0, 0.05) is 17.0 Å². The van der Waals surface area contributed by atoms with Gasteiger partial charge in [0.05, 0.1) is 20.6 Å². The van der Waals surface area contributed by atoms with Crippen molar-refractivity contribution in [2.24, 2.45) is 0 Å². The molecule has 0 spiro atoms. The minimum absolute atomic E-state index is 0.0238. The van der Waals surface area contributed by atoms with Gasteiger partial charge in [0.1, 0.15) is 12.6 Å². The summed E-state index contributed by atoms with van der Waals surface area (Å²) in [6.07, 6.45) is 2.21. The summed E-state index contributed by atoms with van der Waals surface area (Å²) in [5, 5.41) is 3.63. The fourth-order valence-corrected chi connectivity index (χ4v) is 6.46. The number of carbonyl (C=O) groups excluding carboxylic acids is 2. The molecule has 11 heteroatoms. The van der Waals surface area contributed by atoms with Crippen LogP contribution in [0.3, 0.4) is 0 Å². The van der Waals surface area contributed by atoms with E-state index in [4.69, 9.17) is 23.2 Å². The molecule has 0 aliphatic carbocycles. The molecule has 1 unspecified atom stereocenters. The lowest BCUT2D eigenvalue weighted by atomic mass is 10.1. The van der Waals surface area contributed by atoms with Gasteiger partial charge >= 0.3 is 0 Å². The normalized spacial score (nSPS) is 12.5. The number of halogens is 2. The van der Waals surface area contributed by atoms with Gasteiger partial charge in [-0.3, -0.25) is 13.9 Å². The first-order valence-corrected chi connectivity index (χ1v) is 16.9. The van der Waals surface area contributed by atoms with Crippen LogP contribution in [0.5, 0.6) is 0 Å². The number of amides is 2. The van der Waals surface area contributed by atoms with Crippen molar-refractivity contribution in [3.05, 3.63) is 87.9 Å². The number of hydrogen-bond acceptors (Lipinski definition) is 5. The smallest absolute Gasteiger partial charge is 0.264 e. The van der Waals surface area contributed by atoms with Crippen LogP contribution in [0.4, 0.5) is 5.69 Å². The highest BCUT2D eigenvalue weighted by atomic mass is 35.5. The van der Waals surface area contributed by atoms with Gasteiger partial charge in [0.15, 0.2) is 0 Å². The molecule has 0 fully saturated rings. The Labute approximate surface area is 263 Å². The number of nitrogens with zero attached hydrogens (tertiary/aromatic N) is 2. The summed E-state index contributed by atoms with van der Waals surface area (Å²) in [6, 6.07) is 17.6. The van der Waals surface area contributed by atoms with E-state index >= 15 is 0 Å². The van der Waals surface area contributed by atoms with Crippen molar-refractivity contribution >= 4 is 62.5 Å². The minimum atomic E-state index is -4.15. The largest absolute Gasteiger partial charge is 0.350 e. The van der Waals surface area contributed by atoms with Crippen molar-refractivity contribution in [1.29, 1.82) is 0 Å². The molecule has 0 bridgehead atoms. The Morgan fingerprint density at radius 2 is 1.57 bits per heavy atom. The van der Waals surface area contributed by atoms with Gasteiger partial charge in [-0.05, 0) is 94.5 Å². The second kappa shape index (κ2) is 14.2. The summed E-state index contributed by atoms with van der Waals surface area (Å²) < 4.78 is 29.1.